The molecule has 4 nitrogen and oxygen atoms in total. The van der Waals surface area contributed by atoms with E-state index in [1.54, 1.807) is 6.20 Å². The SMILES string of the molecule is CCNC(CC1CC(OCC)C1)c1c(Cl)cnn1C(C)C. The molecule has 0 saturated heterocycles. The van der Waals surface area contributed by atoms with Gasteiger partial charge in [0.1, 0.15) is 0 Å². The third-order valence-corrected chi connectivity index (χ3v) is 4.51. The number of hydrogen-bond acceptors (Lipinski definition) is 3. The minimum absolute atomic E-state index is 0.278. The van der Waals surface area contributed by atoms with Gasteiger partial charge in [-0.1, -0.05) is 18.5 Å². The molecule has 21 heavy (non-hydrogen) atoms. The van der Waals surface area contributed by atoms with Crippen molar-refractivity contribution >= 4 is 11.6 Å². The molecular weight excluding hydrogens is 286 g/mol. The van der Waals surface area contributed by atoms with Gasteiger partial charge in [0.05, 0.1) is 29.1 Å². The number of aromatic nitrogens is 2. The number of rotatable bonds is 8. The lowest BCUT2D eigenvalue weighted by molar-refractivity contribution is -0.0293. The van der Waals surface area contributed by atoms with Crippen LogP contribution in [0.25, 0.3) is 0 Å². The Balaban J connectivity index is 2.04. The topological polar surface area (TPSA) is 39.1 Å². The smallest absolute Gasteiger partial charge is 0.0834 e. The predicted octanol–water partition coefficient (Wildman–Crippen LogP) is 3.97. The van der Waals surface area contributed by atoms with Crippen LogP contribution >= 0.6 is 11.6 Å². The molecule has 0 amide bonds. The van der Waals surface area contributed by atoms with E-state index in [0.717, 1.165) is 36.2 Å². The van der Waals surface area contributed by atoms with Crippen LogP contribution in [0.4, 0.5) is 0 Å². The van der Waals surface area contributed by atoms with E-state index in [4.69, 9.17) is 16.3 Å². The van der Waals surface area contributed by atoms with Crippen LogP contribution in [0.2, 0.25) is 5.02 Å². The highest BCUT2D eigenvalue weighted by atomic mass is 35.5. The van der Waals surface area contributed by atoms with Gasteiger partial charge in [-0.05, 0) is 52.5 Å². The maximum atomic E-state index is 6.39. The summed E-state index contributed by atoms with van der Waals surface area (Å²) in [4.78, 5) is 0. The van der Waals surface area contributed by atoms with Crippen molar-refractivity contribution in [3.8, 4) is 0 Å². The second kappa shape index (κ2) is 7.61. The summed E-state index contributed by atoms with van der Waals surface area (Å²) in [5, 5.41) is 8.79. The molecule has 0 bridgehead atoms. The molecule has 1 unspecified atom stereocenters. The summed E-state index contributed by atoms with van der Waals surface area (Å²) in [6.45, 7) is 10.2. The molecule has 1 aromatic heterocycles. The summed E-state index contributed by atoms with van der Waals surface area (Å²) in [7, 11) is 0. The van der Waals surface area contributed by atoms with E-state index in [1.807, 2.05) is 4.68 Å². The van der Waals surface area contributed by atoms with E-state index in [2.05, 4.69) is 38.1 Å². The summed E-state index contributed by atoms with van der Waals surface area (Å²) < 4.78 is 7.71. The van der Waals surface area contributed by atoms with E-state index in [9.17, 15) is 0 Å². The number of halogens is 1. The Hall–Kier alpha value is -0.580. The largest absolute Gasteiger partial charge is 0.378 e. The van der Waals surface area contributed by atoms with E-state index >= 15 is 0 Å². The van der Waals surface area contributed by atoms with E-state index < -0.39 is 0 Å². The van der Waals surface area contributed by atoms with Crippen LogP contribution in [-0.2, 0) is 4.74 Å². The van der Waals surface area contributed by atoms with Gasteiger partial charge in [-0.3, -0.25) is 4.68 Å². The second-order valence-corrected chi connectivity index (χ2v) is 6.58. The quantitative estimate of drug-likeness (QED) is 0.789. The zero-order valence-electron chi connectivity index (χ0n) is 13.6. The zero-order chi connectivity index (χ0) is 15.4. The van der Waals surface area contributed by atoms with Gasteiger partial charge >= 0.3 is 0 Å². The molecule has 0 aromatic carbocycles. The van der Waals surface area contributed by atoms with Crippen molar-refractivity contribution in [2.75, 3.05) is 13.2 Å². The van der Waals surface area contributed by atoms with Gasteiger partial charge in [0.2, 0.25) is 0 Å². The van der Waals surface area contributed by atoms with Crippen molar-refractivity contribution in [1.82, 2.24) is 15.1 Å². The van der Waals surface area contributed by atoms with Crippen LogP contribution in [0.1, 0.15) is 64.7 Å². The molecule has 1 aliphatic rings. The molecule has 1 aliphatic carbocycles. The molecule has 1 heterocycles. The molecular formula is C16H28ClN3O. The van der Waals surface area contributed by atoms with Gasteiger partial charge in [-0.25, -0.2) is 0 Å². The lowest BCUT2D eigenvalue weighted by Crippen LogP contribution is -2.35. The summed E-state index contributed by atoms with van der Waals surface area (Å²) in [6.07, 6.45) is 5.68. The Morgan fingerprint density at radius 3 is 2.71 bits per heavy atom. The average Bonchev–Trinajstić information content (AvgIpc) is 2.77. The van der Waals surface area contributed by atoms with Crippen LogP contribution in [0, 0.1) is 5.92 Å². The fourth-order valence-electron chi connectivity index (χ4n) is 3.20. The molecule has 0 aliphatic heterocycles. The molecule has 1 aromatic rings. The first-order valence-corrected chi connectivity index (χ1v) is 8.52. The molecule has 1 saturated carbocycles. The van der Waals surface area contributed by atoms with E-state index in [1.165, 1.54) is 12.8 Å². The first-order valence-electron chi connectivity index (χ1n) is 8.14. The first-order chi connectivity index (χ1) is 10.1. The van der Waals surface area contributed by atoms with Crippen molar-refractivity contribution in [3.05, 3.63) is 16.9 Å². The monoisotopic (exact) mass is 313 g/mol. The van der Waals surface area contributed by atoms with Gasteiger partial charge in [0.15, 0.2) is 0 Å². The fourth-order valence-corrected chi connectivity index (χ4v) is 3.46. The highest BCUT2D eigenvalue weighted by Crippen LogP contribution is 2.38. The summed E-state index contributed by atoms with van der Waals surface area (Å²) >= 11 is 6.39. The molecule has 0 radical (unpaired) electrons. The lowest BCUT2D eigenvalue weighted by atomic mass is 9.77. The van der Waals surface area contributed by atoms with Crippen molar-refractivity contribution in [2.24, 2.45) is 5.92 Å². The number of nitrogens with zero attached hydrogens (tertiary/aromatic N) is 2. The van der Waals surface area contributed by atoms with Gasteiger partial charge in [-0.2, -0.15) is 5.10 Å². The second-order valence-electron chi connectivity index (χ2n) is 6.18. The molecule has 1 N–H and O–H groups in total. The first kappa shape index (κ1) is 16.8. The van der Waals surface area contributed by atoms with E-state index in [0.29, 0.717) is 12.1 Å². The third-order valence-electron chi connectivity index (χ3n) is 4.22. The number of hydrogen-bond donors (Lipinski definition) is 1. The molecule has 1 atom stereocenters. The van der Waals surface area contributed by atoms with Crippen LogP contribution in [-0.4, -0.2) is 29.0 Å². The normalized spacial score (nSPS) is 23.3. The molecule has 120 valence electrons. The lowest BCUT2D eigenvalue weighted by Gasteiger charge is -2.37. The van der Waals surface area contributed by atoms with Crippen LogP contribution < -0.4 is 5.32 Å². The maximum Gasteiger partial charge on any atom is 0.0834 e. The molecule has 5 heteroatoms. The van der Waals surface area contributed by atoms with Crippen molar-refractivity contribution < 1.29 is 4.74 Å². The Morgan fingerprint density at radius 1 is 1.43 bits per heavy atom. The Kier molecular flexibility index (Phi) is 6.08. The number of ether oxygens (including phenoxy) is 1. The summed E-state index contributed by atoms with van der Waals surface area (Å²) in [6, 6.07) is 0.603. The number of nitrogens with one attached hydrogen (secondary N) is 1. The minimum Gasteiger partial charge on any atom is -0.378 e. The van der Waals surface area contributed by atoms with Gasteiger partial charge in [0.25, 0.3) is 0 Å². The summed E-state index contributed by atoms with van der Waals surface area (Å²) in [5.41, 5.74) is 1.13. The van der Waals surface area contributed by atoms with Gasteiger partial charge in [-0.15, -0.1) is 0 Å². The third kappa shape index (κ3) is 3.99. The summed E-state index contributed by atoms with van der Waals surface area (Å²) in [5.74, 6) is 0.720. The standard InChI is InChI=1S/C16H28ClN3O/c1-5-18-15(9-12-7-13(8-12)21-6-2)16-14(17)10-19-20(16)11(3)4/h10-13,15,18H,5-9H2,1-4H3. The Labute approximate surface area is 133 Å². The maximum absolute atomic E-state index is 6.39. The van der Waals surface area contributed by atoms with Gasteiger partial charge < -0.3 is 10.1 Å². The predicted molar refractivity (Wildman–Crippen MR) is 86.8 cm³/mol. The van der Waals surface area contributed by atoms with Crippen molar-refractivity contribution in [1.29, 1.82) is 0 Å². The highest BCUT2D eigenvalue weighted by molar-refractivity contribution is 6.31. The Bertz CT molecular complexity index is 441. The zero-order valence-corrected chi connectivity index (χ0v) is 14.4. The highest BCUT2D eigenvalue weighted by Gasteiger charge is 2.33. The van der Waals surface area contributed by atoms with Crippen molar-refractivity contribution in [3.63, 3.8) is 0 Å². The van der Waals surface area contributed by atoms with Crippen LogP contribution in [0.5, 0.6) is 0 Å². The van der Waals surface area contributed by atoms with Crippen LogP contribution in [0.15, 0.2) is 6.20 Å². The van der Waals surface area contributed by atoms with E-state index in [-0.39, 0.29) is 6.04 Å². The van der Waals surface area contributed by atoms with Crippen LogP contribution in [0.3, 0.4) is 0 Å². The fraction of sp³-hybridized carbons (Fsp3) is 0.812. The minimum atomic E-state index is 0.278. The Morgan fingerprint density at radius 2 is 2.14 bits per heavy atom. The van der Waals surface area contributed by atoms with Crippen molar-refractivity contribution in [2.45, 2.75) is 65.1 Å². The average molecular weight is 314 g/mol. The molecule has 1 fully saturated rings. The molecule has 2 rings (SSSR count). The van der Waals surface area contributed by atoms with Gasteiger partial charge in [0, 0.05) is 12.6 Å². The molecule has 0 spiro atoms.